The minimum absolute atomic E-state index is 0.140. The molecule has 0 atom stereocenters. The van der Waals surface area contributed by atoms with Crippen LogP contribution in [0.1, 0.15) is 32.5 Å². The number of aliphatic carboxylic acids is 1. The molecule has 0 saturated carbocycles. The van der Waals surface area contributed by atoms with E-state index in [2.05, 4.69) is 20.2 Å². The molecule has 2 aromatic rings. The second-order valence-corrected chi connectivity index (χ2v) is 7.07. The summed E-state index contributed by atoms with van der Waals surface area (Å²) in [4.78, 5) is 22.2. The fraction of sp³-hybridized carbons (Fsp3) is 0.450. The van der Waals surface area contributed by atoms with Crippen molar-refractivity contribution < 1.29 is 14.6 Å². The van der Waals surface area contributed by atoms with E-state index in [9.17, 15) is 4.79 Å². The number of nitrogens with one attached hydrogen (secondary N) is 1. The van der Waals surface area contributed by atoms with Gasteiger partial charge in [0.25, 0.3) is 0 Å². The van der Waals surface area contributed by atoms with E-state index in [1.54, 1.807) is 0 Å². The highest BCUT2D eigenvalue weighted by Gasteiger charge is 2.25. The third kappa shape index (κ3) is 5.09. The number of carbonyl (C=O) groups is 1. The van der Waals surface area contributed by atoms with Crippen LogP contribution in [0.3, 0.4) is 0 Å². The number of carboxylic acids is 1. The van der Waals surface area contributed by atoms with Crippen LogP contribution in [0.2, 0.25) is 0 Å². The molecule has 7 nitrogen and oxygen atoms in total. The topological polar surface area (TPSA) is 87.6 Å². The van der Waals surface area contributed by atoms with E-state index < -0.39 is 5.97 Å². The average molecular weight is 370 g/mol. The SMILES string of the molecule is Cc1nc(Nc2ccc(OC(C)C)cc2)cc(N2CCC(C(=O)O)CC2)n1. The van der Waals surface area contributed by atoms with E-state index in [1.807, 2.05) is 51.1 Å². The van der Waals surface area contributed by atoms with Crippen LogP contribution >= 0.6 is 0 Å². The fourth-order valence-electron chi connectivity index (χ4n) is 3.17. The maximum absolute atomic E-state index is 11.1. The summed E-state index contributed by atoms with van der Waals surface area (Å²) in [6.07, 6.45) is 1.41. The van der Waals surface area contributed by atoms with Crippen molar-refractivity contribution in [1.29, 1.82) is 0 Å². The number of ether oxygens (including phenoxy) is 1. The van der Waals surface area contributed by atoms with Crippen molar-refractivity contribution in [2.75, 3.05) is 23.3 Å². The molecule has 0 radical (unpaired) electrons. The van der Waals surface area contributed by atoms with Crippen LogP contribution in [0.5, 0.6) is 5.75 Å². The van der Waals surface area contributed by atoms with Gasteiger partial charge < -0.3 is 20.1 Å². The van der Waals surface area contributed by atoms with Crippen LogP contribution in [0, 0.1) is 12.8 Å². The van der Waals surface area contributed by atoms with Gasteiger partial charge in [-0.1, -0.05) is 0 Å². The van der Waals surface area contributed by atoms with Gasteiger partial charge in [0, 0.05) is 24.8 Å². The third-order valence-electron chi connectivity index (χ3n) is 4.49. The summed E-state index contributed by atoms with van der Waals surface area (Å²) in [7, 11) is 0. The first-order valence-corrected chi connectivity index (χ1v) is 9.28. The molecule has 3 rings (SSSR count). The van der Waals surface area contributed by atoms with Crippen LogP contribution in [-0.2, 0) is 4.79 Å². The highest BCUT2D eigenvalue weighted by molar-refractivity contribution is 5.70. The number of nitrogens with zero attached hydrogens (tertiary/aromatic N) is 3. The molecular weight excluding hydrogens is 344 g/mol. The number of benzene rings is 1. The van der Waals surface area contributed by atoms with Gasteiger partial charge in [0.15, 0.2) is 0 Å². The molecule has 2 N–H and O–H groups in total. The first-order valence-electron chi connectivity index (χ1n) is 9.28. The first-order chi connectivity index (χ1) is 12.9. The number of hydrogen-bond donors (Lipinski definition) is 2. The van der Waals surface area contributed by atoms with Crippen molar-refractivity contribution in [2.45, 2.75) is 39.7 Å². The molecule has 0 amide bonds. The van der Waals surface area contributed by atoms with Gasteiger partial charge in [-0.15, -0.1) is 0 Å². The summed E-state index contributed by atoms with van der Waals surface area (Å²) in [6, 6.07) is 9.66. The summed E-state index contributed by atoms with van der Waals surface area (Å²) in [6.45, 7) is 7.23. The van der Waals surface area contributed by atoms with Crippen LogP contribution in [-0.4, -0.2) is 40.2 Å². The lowest BCUT2D eigenvalue weighted by molar-refractivity contribution is -0.142. The Balaban J connectivity index is 1.69. The molecule has 1 aliphatic heterocycles. The number of rotatable bonds is 6. The highest BCUT2D eigenvalue weighted by Crippen LogP contribution is 2.25. The largest absolute Gasteiger partial charge is 0.491 e. The Hall–Kier alpha value is -2.83. The van der Waals surface area contributed by atoms with Gasteiger partial charge in [-0.05, 0) is 57.9 Å². The smallest absolute Gasteiger partial charge is 0.306 e. The first kappa shape index (κ1) is 18.9. The van der Waals surface area contributed by atoms with E-state index in [0.717, 1.165) is 23.1 Å². The van der Waals surface area contributed by atoms with Crippen molar-refractivity contribution in [2.24, 2.45) is 5.92 Å². The van der Waals surface area contributed by atoms with E-state index in [0.29, 0.717) is 31.8 Å². The maximum atomic E-state index is 11.1. The Kier molecular flexibility index (Phi) is 5.78. The number of aromatic nitrogens is 2. The van der Waals surface area contributed by atoms with E-state index in [-0.39, 0.29) is 12.0 Å². The Morgan fingerprint density at radius 3 is 2.48 bits per heavy atom. The number of piperidine rings is 1. The molecule has 1 aromatic heterocycles. The molecule has 0 spiro atoms. The highest BCUT2D eigenvalue weighted by atomic mass is 16.5. The zero-order chi connectivity index (χ0) is 19.4. The molecule has 1 saturated heterocycles. The third-order valence-corrected chi connectivity index (χ3v) is 4.49. The molecule has 144 valence electrons. The number of hydrogen-bond acceptors (Lipinski definition) is 6. The minimum atomic E-state index is -0.708. The summed E-state index contributed by atoms with van der Waals surface area (Å²) in [5, 5.41) is 12.5. The van der Waals surface area contributed by atoms with Crippen LogP contribution in [0.15, 0.2) is 30.3 Å². The quantitative estimate of drug-likeness (QED) is 0.803. The van der Waals surface area contributed by atoms with Gasteiger partial charge in [-0.2, -0.15) is 0 Å². The molecule has 2 heterocycles. The van der Waals surface area contributed by atoms with Gasteiger partial charge in [0.1, 0.15) is 23.2 Å². The summed E-state index contributed by atoms with van der Waals surface area (Å²) in [5.74, 6) is 2.09. The Bertz CT molecular complexity index is 784. The zero-order valence-electron chi connectivity index (χ0n) is 16.0. The van der Waals surface area contributed by atoms with Gasteiger partial charge >= 0.3 is 5.97 Å². The van der Waals surface area contributed by atoms with Crippen LogP contribution in [0.4, 0.5) is 17.3 Å². The molecule has 1 aromatic carbocycles. The second-order valence-electron chi connectivity index (χ2n) is 7.07. The molecule has 1 aliphatic rings. The average Bonchev–Trinajstić information content (AvgIpc) is 2.62. The van der Waals surface area contributed by atoms with E-state index in [4.69, 9.17) is 9.84 Å². The summed E-state index contributed by atoms with van der Waals surface area (Å²) >= 11 is 0. The summed E-state index contributed by atoms with van der Waals surface area (Å²) in [5.41, 5.74) is 0.916. The Morgan fingerprint density at radius 1 is 1.22 bits per heavy atom. The monoisotopic (exact) mass is 370 g/mol. The van der Waals surface area contributed by atoms with E-state index in [1.165, 1.54) is 0 Å². The lowest BCUT2D eigenvalue weighted by atomic mass is 9.97. The van der Waals surface area contributed by atoms with Gasteiger partial charge in [0.05, 0.1) is 12.0 Å². The predicted molar refractivity (Wildman–Crippen MR) is 105 cm³/mol. The molecule has 1 fully saturated rings. The molecule has 27 heavy (non-hydrogen) atoms. The van der Waals surface area contributed by atoms with Crippen LogP contribution in [0.25, 0.3) is 0 Å². The zero-order valence-corrected chi connectivity index (χ0v) is 16.0. The van der Waals surface area contributed by atoms with E-state index >= 15 is 0 Å². The molecule has 7 heteroatoms. The molecule has 0 unspecified atom stereocenters. The molecule has 0 bridgehead atoms. The normalized spacial score (nSPS) is 15.0. The van der Waals surface area contributed by atoms with Crippen molar-refractivity contribution in [3.8, 4) is 5.75 Å². The Labute approximate surface area is 159 Å². The minimum Gasteiger partial charge on any atom is -0.491 e. The molecule has 0 aliphatic carbocycles. The number of aryl methyl sites for hydroxylation is 1. The standard InChI is InChI=1S/C20H26N4O3/c1-13(2)27-17-6-4-16(5-7-17)23-18-12-19(22-14(3)21-18)24-10-8-15(9-11-24)20(25)26/h4-7,12-13,15H,8-11H2,1-3H3,(H,25,26)(H,21,22,23). The second kappa shape index (κ2) is 8.24. The van der Waals surface area contributed by atoms with Crippen molar-refractivity contribution in [3.05, 3.63) is 36.2 Å². The van der Waals surface area contributed by atoms with Crippen molar-refractivity contribution in [3.63, 3.8) is 0 Å². The Morgan fingerprint density at radius 2 is 1.89 bits per heavy atom. The van der Waals surface area contributed by atoms with Crippen molar-refractivity contribution in [1.82, 2.24) is 9.97 Å². The van der Waals surface area contributed by atoms with Crippen LogP contribution < -0.4 is 15.0 Å². The maximum Gasteiger partial charge on any atom is 0.306 e. The van der Waals surface area contributed by atoms with Gasteiger partial charge in [-0.3, -0.25) is 4.79 Å². The number of anilines is 3. The van der Waals surface area contributed by atoms with Gasteiger partial charge in [0.2, 0.25) is 0 Å². The van der Waals surface area contributed by atoms with Gasteiger partial charge in [-0.25, -0.2) is 9.97 Å². The lowest BCUT2D eigenvalue weighted by Gasteiger charge is -2.31. The summed E-state index contributed by atoms with van der Waals surface area (Å²) < 4.78 is 5.66. The fourth-order valence-corrected chi connectivity index (χ4v) is 3.17. The predicted octanol–water partition coefficient (Wildman–Crippen LogP) is 3.62. The van der Waals surface area contributed by atoms with Crippen molar-refractivity contribution >= 4 is 23.3 Å². The number of carboxylic acid groups (broad SMARTS) is 1. The lowest BCUT2D eigenvalue weighted by Crippen LogP contribution is -2.36. The molecular formula is C20H26N4O3.